The Bertz CT molecular complexity index is 836. The van der Waals surface area contributed by atoms with Gasteiger partial charge in [0.25, 0.3) is 5.22 Å². The van der Waals surface area contributed by atoms with Crippen LogP contribution in [0.1, 0.15) is 5.89 Å². The number of fused-ring (bicyclic) bond motifs is 1. The molecule has 1 aromatic carbocycles. The van der Waals surface area contributed by atoms with Gasteiger partial charge in [0.2, 0.25) is 11.8 Å². The fourth-order valence-corrected chi connectivity index (χ4v) is 3.56. The number of benzene rings is 1. The zero-order valence-corrected chi connectivity index (χ0v) is 14.4. The molecule has 1 amide bonds. The van der Waals surface area contributed by atoms with Crippen LogP contribution in [0.3, 0.4) is 0 Å². The molecule has 6 nitrogen and oxygen atoms in total. The van der Waals surface area contributed by atoms with Gasteiger partial charge in [0.1, 0.15) is 5.82 Å². The van der Waals surface area contributed by atoms with Crippen LogP contribution in [0.25, 0.3) is 10.2 Å². The largest absolute Gasteiger partial charge is 0.415 e. The first kappa shape index (κ1) is 16.2. The molecular formula is C13H11FN4O2S3. The third kappa shape index (κ3) is 4.21. The van der Waals surface area contributed by atoms with Crippen LogP contribution in [0.4, 0.5) is 9.52 Å². The van der Waals surface area contributed by atoms with Crippen LogP contribution < -0.4 is 5.32 Å². The quantitative estimate of drug-likeness (QED) is 0.666. The molecule has 3 aromatic rings. The van der Waals surface area contributed by atoms with Crippen molar-refractivity contribution in [3.8, 4) is 0 Å². The summed E-state index contributed by atoms with van der Waals surface area (Å²) in [7, 11) is 0. The maximum Gasteiger partial charge on any atom is 0.277 e. The lowest BCUT2D eigenvalue weighted by Crippen LogP contribution is -2.13. The van der Waals surface area contributed by atoms with Crippen molar-refractivity contribution in [3.63, 3.8) is 0 Å². The minimum atomic E-state index is -0.327. The lowest BCUT2D eigenvalue weighted by atomic mass is 10.3. The van der Waals surface area contributed by atoms with Crippen LogP contribution in [0.2, 0.25) is 0 Å². The summed E-state index contributed by atoms with van der Waals surface area (Å²) in [4.78, 5) is 16.2. The number of nitrogens with one attached hydrogen (secondary N) is 1. The number of nitrogens with zero attached hydrogens (tertiary/aromatic N) is 3. The zero-order valence-electron chi connectivity index (χ0n) is 11.9. The molecule has 0 saturated heterocycles. The van der Waals surface area contributed by atoms with Gasteiger partial charge < -0.3 is 9.73 Å². The second-order valence-corrected chi connectivity index (χ2v) is 7.19. The summed E-state index contributed by atoms with van der Waals surface area (Å²) in [5.41, 5.74) is 0.651. The number of hydrogen-bond donors (Lipinski definition) is 1. The minimum Gasteiger partial charge on any atom is -0.415 e. The Morgan fingerprint density at radius 2 is 2.30 bits per heavy atom. The van der Waals surface area contributed by atoms with Gasteiger partial charge in [-0.3, -0.25) is 4.79 Å². The van der Waals surface area contributed by atoms with Crippen LogP contribution in [0, 0.1) is 5.82 Å². The first-order valence-electron chi connectivity index (χ1n) is 6.44. The van der Waals surface area contributed by atoms with E-state index in [2.05, 4.69) is 20.5 Å². The summed E-state index contributed by atoms with van der Waals surface area (Å²) in [6.07, 6.45) is 1.94. The molecule has 1 N–H and O–H groups in total. The summed E-state index contributed by atoms with van der Waals surface area (Å²) in [6, 6.07) is 4.31. The zero-order chi connectivity index (χ0) is 16.2. The molecule has 0 saturated carbocycles. The molecular weight excluding hydrogens is 359 g/mol. The standard InChI is InChI=1S/C13H11FN4O2S3/c1-21-6-11-17-18-13(20-11)22-5-10(19)16-12-15-8-3-2-7(14)4-9(8)23-12/h2-4H,5-6H2,1H3,(H,15,16,19). The van der Waals surface area contributed by atoms with Crippen LogP contribution >= 0.6 is 34.9 Å². The predicted octanol–water partition coefficient (Wildman–Crippen LogP) is 3.41. The molecule has 10 heteroatoms. The van der Waals surface area contributed by atoms with Crippen molar-refractivity contribution in [3.05, 3.63) is 29.9 Å². The highest BCUT2D eigenvalue weighted by atomic mass is 32.2. The molecule has 0 unspecified atom stereocenters. The summed E-state index contributed by atoms with van der Waals surface area (Å²) in [6.45, 7) is 0. The van der Waals surface area contributed by atoms with Gasteiger partial charge in [-0.2, -0.15) is 11.8 Å². The van der Waals surface area contributed by atoms with Crippen molar-refractivity contribution in [2.45, 2.75) is 11.0 Å². The van der Waals surface area contributed by atoms with Gasteiger partial charge in [-0.1, -0.05) is 23.1 Å². The average Bonchev–Trinajstić information content (AvgIpc) is 3.11. The average molecular weight is 370 g/mol. The summed E-state index contributed by atoms with van der Waals surface area (Å²) in [5.74, 6) is 0.743. The Morgan fingerprint density at radius 1 is 1.43 bits per heavy atom. The van der Waals surface area contributed by atoms with E-state index in [1.54, 1.807) is 17.8 Å². The topological polar surface area (TPSA) is 80.9 Å². The van der Waals surface area contributed by atoms with Crippen LogP contribution in [-0.4, -0.2) is 33.1 Å². The monoisotopic (exact) mass is 370 g/mol. The first-order chi connectivity index (χ1) is 11.1. The lowest BCUT2D eigenvalue weighted by Gasteiger charge is -1.98. The number of halogens is 1. The van der Waals surface area contributed by atoms with E-state index in [0.717, 1.165) is 11.8 Å². The molecule has 120 valence electrons. The maximum atomic E-state index is 13.1. The summed E-state index contributed by atoms with van der Waals surface area (Å²) in [5, 5.41) is 11.2. The molecule has 0 aliphatic carbocycles. The van der Waals surface area contributed by atoms with Crippen molar-refractivity contribution in [1.29, 1.82) is 0 Å². The van der Waals surface area contributed by atoms with Gasteiger partial charge in [-0.25, -0.2) is 9.37 Å². The number of carbonyl (C=O) groups excluding carboxylic acids is 1. The highest BCUT2D eigenvalue weighted by molar-refractivity contribution is 7.99. The molecule has 0 aliphatic heterocycles. The van der Waals surface area contributed by atoms with Crippen molar-refractivity contribution < 1.29 is 13.6 Å². The van der Waals surface area contributed by atoms with E-state index in [0.29, 0.717) is 32.2 Å². The number of rotatable bonds is 6. The predicted molar refractivity (Wildman–Crippen MR) is 90.4 cm³/mol. The minimum absolute atomic E-state index is 0.130. The van der Waals surface area contributed by atoms with Gasteiger partial charge in [-0.05, 0) is 24.5 Å². The van der Waals surface area contributed by atoms with Crippen molar-refractivity contribution in [2.24, 2.45) is 0 Å². The Morgan fingerprint density at radius 3 is 3.13 bits per heavy atom. The van der Waals surface area contributed by atoms with E-state index in [9.17, 15) is 9.18 Å². The second kappa shape index (κ2) is 7.28. The van der Waals surface area contributed by atoms with E-state index in [-0.39, 0.29) is 17.5 Å². The third-order valence-electron chi connectivity index (χ3n) is 2.64. The van der Waals surface area contributed by atoms with Crippen LogP contribution in [0.15, 0.2) is 27.8 Å². The molecule has 0 bridgehead atoms. The summed E-state index contributed by atoms with van der Waals surface area (Å²) >= 11 is 3.96. The fraction of sp³-hybridized carbons (Fsp3) is 0.231. The molecule has 0 fully saturated rings. The van der Waals surface area contributed by atoms with Crippen LogP contribution in [-0.2, 0) is 10.5 Å². The number of thioether (sulfide) groups is 2. The van der Waals surface area contributed by atoms with Gasteiger partial charge in [-0.15, -0.1) is 10.2 Å². The first-order valence-corrected chi connectivity index (χ1v) is 9.63. The Hall–Kier alpha value is -1.65. The summed E-state index contributed by atoms with van der Waals surface area (Å²) < 4.78 is 19.2. The van der Waals surface area contributed by atoms with E-state index in [1.165, 1.54) is 23.5 Å². The Kier molecular flexibility index (Phi) is 5.13. The van der Waals surface area contributed by atoms with E-state index in [4.69, 9.17) is 4.42 Å². The number of anilines is 1. The Labute approximate surface area is 143 Å². The fourth-order valence-electron chi connectivity index (χ4n) is 1.71. The number of aromatic nitrogens is 3. The molecule has 0 aliphatic rings. The van der Waals surface area contributed by atoms with Gasteiger partial charge in [0.05, 0.1) is 21.7 Å². The lowest BCUT2D eigenvalue weighted by molar-refractivity contribution is -0.113. The van der Waals surface area contributed by atoms with Crippen molar-refractivity contribution in [1.82, 2.24) is 15.2 Å². The smallest absolute Gasteiger partial charge is 0.277 e. The molecule has 0 atom stereocenters. The number of carbonyl (C=O) groups is 1. The van der Waals surface area contributed by atoms with E-state index >= 15 is 0 Å². The van der Waals surface area contributed by atoms with Crippen LogP contribution in [0.5, 0.6) is 0 Å². The Balaban J connectivity index is 1.57. The molecule has 3 rings (SSSR count). The van der Waals surface area contributed by atoms with Crippen molar-refractivity contribution in [2.75, 3.05) is 17.3 Å². The van der Waals surface area contributed by atoms with Gasteiger partial charge in [0.15, 0.2) is 5.13 Å². The van der Waals surface area contributed by atoms with Gasteiger partial charge in [0, 0.05) is 0 Å². The highest BCUT2D eigenvalue weighted by Crippen LogP contribution is 2.27. The number of hydrogen-bond acceptors (Lipinski definition) is 8. The van der Waals surface area contributed by atoms with E-state index in [1.807, 2.05) is 6.26 Å². The van der Waals surface area contributed by atoms with E-state index < -0.39 is 0 Å². The molecule has 0 spiro atoms. The maximum absolute atomic E-state index is 13.1. The number of amides is 1. The molecule has 2 aromatic heterocycles. The molecule has 2 heterocycles. The van der Waals surface area contributed by atoms with Gasteiger partial charge >= 0.3 is 0 Å². The third-order valence-corrected chi connectivity index (χ3v) is 4.93. The number of thiazole rings is 1. The van der Waals surface area contributed by atoms with Crippen molar-refractivity contribution >= 4 is 56.1 Å². The molecule has 0 radical (unpaired) electrons. The SMILES string of the molecule is CSCc1nnc(SCC(=O)Nc2nc3ccc(F)cc3s2)o1. The normalized spacial score (nSPS) is 11.0. The second-order valence-electron chi connectivity index (χ2n) is 4.36. The molecule has 23 heavy (non-hydrogen) atoms. The highest BCUT2D eigenvalue weighted by Gasteiger charge is 2.12.